The van der Waals surface area contributed by atoms with Crippen molar-refractivity contribution in [3.05, 3.63) is 89.0 Å². The van der Waals surface area contributed by atoms with Crippen molar-refractivity contribution in [3.63, 3.8) is 0 Å². The number of sulfonamides is 1. The largest absolute Gasteiger partial charge is 0.455 e. The van der Waals surface area contributed by atoms with Gasteiger partial charge in [0.25, 0.3) is 5.91 Å². The van der Waals surface area contributed by atoms with Gasteiger partial charge in [-0.25, -0.2) is 17.2 Å². The molecule has 1 aromatic heterocycles. The van der Waals surface area contributed by atoms with Crippen LogP contribution in [0.25, 0.3) is 22.3 Å². The van der Waals surface area contributed by atoms with Gasteiger partial charge < -0.3 is 14.6 Å². The summed E-state index contributed by atoms with van der Waals surface area (Å²) >= 11 is 0. The molecular formula is C31H31F2N3O5S. The molecule has 8 nitrogen and oxygen atoms in total. The maximum atomic E-state index is 13.7. The Morgan fingerprint density at radius 2 is 1.69 bits per heavy atom. The van der Waals surface area contributed by atoms with Crippen LogP contribution in [0.2, 0.25) is 0 Å². The molecule has 2 amide bonds. The summed E-state index contributed by atoms with van der Waals surface area (Å²) in [6.07, 6.45) is 2.59. The van der Waals surface area contributed by atoms with Crippen LogP contribution in [0.15, 0.2) is 65.1 Å². The van der Waals surface area contributed by atoms with Gasteiger partial charge in [0.1, 0.15) is 23.0 Å². The minimum atomic E-state index is -3.68. The predicted molar refractivity (Wildman–Crippen MR) is 157 cm³/mol. The molecule has 1 saturated heterocycles. The van der Waals surface area contributed by atoms with Crippen LogP contribution < -0.4 is 9.62 Å². The van der Waals surface area contributed by atoms with E-state index in [4.69, 9.17) is 4.42 Å². The third-order valence-electron chi connectivity index (χ3n) is 7.72. The highest BCUT2D eigenvalue weighted by Crippen LogP contribution is 2.42. The molecule has 11 heteroatoms. The van der Waals surface area contributed by atoms with Crippen LogP contribution in [0, 0.1) is 11.6 Å². The van der Waals surface area contributed by atoms with Crippen molar-refractivity contribution in [2.24, 2.45) is 0 Å². The number of furan rings is 1. The summed E-state index contributed by atoms with van der Waals surface area (Å²) in [6, 6.07) is 14.7. The van der Waals surface area contributed by atoms with Gasteiger partial charge in [-0.05, 0) is 66.4 Å². The standard InChI is InChI=1S/C31H31F2N3O5S/c1-34-31(38)29-25-16-24(21-5-4-14-36(18-21)28(37)15-19-6-10-22(32)11-7-19)26(35(2)42(3,39)40)17-27(25)41-30(29)20-8-12-23(33)13-9-20/h6-13,16-17,21H,4-5,14-15,18H2,1-3H3,(H,34,38)/t21-/m0/s1. The third-order valence-corrected chi connectivity index (χ3v) is 8.91. The molecule has 1 N–H and O–H groups in total. The highest BCUT2D eigenvalue weighted by Gasteiger charge is 2.31. The number of likely N-dealkylation sites (tertiary alicyclic amines) is 1. The summed E-state index contributed by atoms with van der Waals surface area (Å²) in [5.74, 6) is -1.34. The topological polar surface area (TPSA) is 99.9 Å². The molecule has 1 fully saturated rings. The summed E-state index contributed by atoms with van der Waals surface area (Å²) in [5.41, 5.74) is 2.76. The first-order valence-corrected chi connectivity index (χ1v) is 15.4. The van der Waals surface area contributed by atoms with E-state index in [0.717, 1.165) is 6.26 Å². The van der Waals surface area contributed by atoms with Crippen LogP contribution in [0.5, 0.6) is 0 Å². The van der Waals surface area contributed by atoms with Crippen molar-refractivity contribution >= 4 is 38.5 Å². The fourth-order valence-corrected chi connectivity index (χ4v) is 5.94. The van der Waals surface area contributed by atoms with E-state index in [9.17, 15) is 26.8 Å². The predicted octanol–water partition coefficient (Wildman–Crippen LogP) is 5.08. The zero-order chi connectivity index (χ0) is 30.2. The maximum Gasteiger partial charge on any atom is 0.255 e. The zero-order valence-electron chi connectivity index (χ0n) is 23.5. The summed E-state index contributed by atoms with van der Waals surface area (Å²) in [7, 11) is -0.739. The van der Waals surface area contributed by atoms with Crippen LogP contribution in [0.1, 0.15) is 40.2 Å². The Labute approximate surface area is 243 Å². The van der Waals surface area contributed by atoms with Crippen molar-refractivity contribution in [2.45, 2.75) is 25.2 Å². The molecule has 0 spiro atoms. The van der Waals surface area contributed by atoms with Crippen LogP contribution in [-0.4, -0.2) is 58.6 Å². The lowest BCUT2D eigenvalue weighted by Gasteiger charge is -2.35. The lowest BCUT2D eigenvalue weighted by molar-refractivity contribution is -0.131. The first kappa shape index (κ1) is 29.2. The number of fused-ring (bicyclic) bond motifs is 1. The number of carbonyl (C=O) groups is 2. The van der Waals surface area contributed by atoms with Crippen LogP contribution in [0.3, 0.4) is 0 Å². The molecule has 1 aliphatic heterocycles. The van der Waals surface area contributed by atoms with Crippen molar-refractivity contribution in [2.75, 3.05) is 37.7 Å². The molecule has 42 heavy (non-hydrogen) atoms. The van der Waals surface area contributed by atoms with Crippen LogP contribution in [0.4, 0.5) is 14.5 Å². The Balaban J connectivity index is 1.60. The van der Waals surface area contributed by atoms with Gasteiger partial charge in [0.2, 0.25) is 15.9 Å². The molecule has 0 unspecified atom stereocenters. The van der Waals surface area contributed by atoms with Crippen LogP contribution in [-0.2, 0) is 21.2 Å². The molecule has 4 aromatic rings. The van der Waals surface area contributed by atoms with Gasteiger partial charge in [-0.3, -0.25) is 13.9 Å². The molecule has 0 radical (unpaired) electrons. The average molecular weight is 596 g/mol. The zero-order valence-corrected chi connectivity index (χ0v) is 24.3. The van der Waals surface area contributed by atoms with E-state index in [2.05, 4.69) is 5.32 Å². The van der Waals surface area contributed by atoms with E-state index < -0.39 is 21.7 Å². The average Bonchev–Trinajstić information content (AvgIpc) is 3.35. The van der Waals surface area contributed by atoms with Crippen molar-refractivity contribution in [1.82, 2.24) is 10.2 Å². The highest BCUT2D eigenvalue weighted by molar-refractivity contribution is 7.92. The minimum absolute atomic E-state index is 0.113. The van der Waals surface area contributed by atoms with Gasteiger partial charge in [-0.15, -0.1) is 0 Å². The van der Waals surface area contributed by atoms with Gasteiger partial charge >= 0.3 is 0 Å². The molecule has 0 aliphatic carbocycles. The second-order valence-electron chi connectivity index (χ2n) is 10.5. The van der Waals surface area contributed by atoms with E-state index in [1.807, 2.05) is 0 Å². The Kier molecular flexibility index (Phi) is 8.05. The summed E-state index contributed by atoms with van der Waals surface area (Å²) in [5, 5.41) is 3.11. The number of benzene rings is 3. The van der Waals surface area contributed by atoms with E-state index in [1.54, 1.807) is 29.2 Å². The van der Waals surface area contributed by atoms with E-state index >= 15 is 0 Å². The molecule has 220 valence electrons. The number of hydrogen-bond donors (Lipinski definition) is 1. The van der Waals surface area contributed by atoms with E-state index in [0.29, 0.717) is 59.3 Å². The third kappa shape index (κ3) is 5.87. The quantitative estimate of drug-likeness (QED) is 0.321. The van der Waals surface area contributed by atoms with E-state index in [1.165, 1.54) is 54.8 Å². The Morgan fingerprint density at radius 3 is 2.31 bits per heavy atom. The number of halogens is 2. The van der Waals surface area contributed by atoms with Crippen molar-refractivity contribution < 1.29 is 31.2 Å². The number of amides is 2. The molecule has 0 bridgehead atoms. The van der Waals surface area contributed by atoms with Crippen molar-refractivity contribution in [3.8, 4) is 11.3 Å². The number of piperidine rings is 1. The highest BCUT2D eigenvalue weighted by atomic mass is 32.2. The smallest absolute Gasteiger partial charge is 0.255 e. The molecule has 2 heterocycles. The SMILES string of the molecule is CNC(=O)c1c(-c2ccc(F)cc2)oc2cc(N(C)S(C)(=O)=O)c([C@H]3CCCN(C(=O)Cc4ccc(F)cc4)C3)cc12. The number of rotatable bonds is 7. The summed E-state index contributed by atoms with van der Waals surface area (Å²) in [4.78, 5) is 28.1. The Hall–Kier alpha value is -4.25. The minimum Gasteiger partial charge on any atom is -0.455 e. The van der Waals surface area contributed by atoms with Gasteiger partial charge in [-0.1, -0.05) is 12.1 Å². The van der Waals surface area contributed by atoms with Gasteiger partial charge in [0.15, 0.2) is 0 Å². The normalized spacial score (nSPS) is 15.5. The Morgan fingerprint density at radius 1 is 1.05 bits per heavy atom. The number of hydrogen-bond acceptors (Lipinski definition) is 5. The second-order valence-corrected chi connectivity index (χ2v) is 12.5. The number of nitrogens with one attached hydrogen (secondary N) is 1. The molecular weight excluding hydrogens is 564 g/mol. The summed E-state index contributed by atoms with van der Waals surface area (Å²) < 4.78 is 59.7. The lowest BCUT2D eigenvalue weighted by Crippen LogP contribution is -2.40. The fourth-order valence-electron chi connectivity index (χ4n) is 5.43. The number of anilines is 1. The lowest BCUT2D eigenvalue weighted by atomic mass is 9.87. The second kappa shape index (κ2) is 11.6. The molecule has 5 rings (SSSR count). The number of nitrogens with zero attached hydrogens (tertiary/aromatic N) is 2. The number of carbonyl (C=O) groups excluding carboxylic acids is 2. The van der Waals surface area contributed by atoms with Gasteiger partial charge in [-0.2, -0.15) is 0 Å². The monoisotopic (exact) mass is 595 g/mol. The molecule has 3 aromatic carbocycles. The maximum absolute atomic E-state index is 13.7. The van der Waals surface area contributed by atoms with Crippen molar-refractivity contribution in [1.29, 1.82) is 0 Å². The molecule has 0 saturated carbocycles. The summed E-state index contributed by atoms with van der Waals surface area (Å²) in [6.45, 7) is 0.883. The van der Waals surface area contributed by atoms with Gasteiger partial charge in [0.05, 0.1) is 23.9 Å². The van der Waals surface area contributed by atoms with Gasteiger partial charge in [0, 0.05) is 50.1 Å². The first-order valence-electron chi connectivity index (χ1n) is 13.5. The Bertz CT molecular complexity index is 1750. The van der Waals surface area contributed by atoms with E-state index in [-0.39, 0.29) is 35.4 Å². The molecule has 1 aliphatic rings. The van der Waals surface area contributed by atoms with Crippen LogP contribution >= 0.6 is 0 Å². The fraction of sp³-hybridized carbons (Fsp3) is 0.290. The molecule has 1 atom stereocenters. The first-order chi connectivity index (χ1) is 20.0.